The molecule has 0 aliphatic rings. The molecule has 0 saturated heterocycles. The van der Waals surface area contributed by atoms with E-state index in [0.717, 1.165) is 24.0 Å². The molecule has 0 radical (unpaired) electrons. The van der Waals surface area contributed by atoms with Gasteiger partial charge >= 0.3 is 0 Å². The predicted octanol–water partition coefficient (Wildman–Crippen LogP) is 3.82. The Balaban J connectivity index is 2.05. The summed E-state index contributed by atoms with van der Waals surface area (Å²) in [5, 5.41) is 4.23. The van der Waals surface area contributed by atoms with Crippen LogP contribution in [0.15, 0.2) is 24.3 Å². The fourth-order valence-electron chi connectivity index (χ4n) is 1.30. The zero-order chi connectivity index (χ0) is 11.8. The topological polar surface area (TPSA) is 12.0 Å². The quantitative estimate of drug-likeness (QED) is 0.746. The van der Waals surface area contributed by atoms with Crippen molar-refractivity contribution in [2.24, 2.45) is 5.92 Å². The molecule has 0 aliphatic heterocycles. The number of halogens is 1. The third-order valence-corrected chi connectivity index (χ3v) is 3.76. The van der Waals surface area contributed by atoms with Gasteiger partial charge in [-0.2, -0.15) is 11.8 Å². The molecule has 0 fully saturated rings. The highest BCUT2D eigenvalue weighted by molar-refractivity contribution is 7.99. The molecule has 16 heavy (non-hydrogen) atoms. The summed E-state index contributed by atoms with van der Waals surface area (Å²) in [5.74, 6) is 3.23. The van der Waals surface area contributed by atoms with Crippen molar-refractivity contribution in [3.8, 4) is 0 Å². The fourth-order valence-corrected chi connectivity index (χ4v) is 2.35. The SMILES string of the molecule is CC(C)CSCCNCc1ccc(Cl)cc1. The number of thioether (sulfide) groups is 1. The van der Waals surface area contributed by atoms with Crippen LogP contribution in [0.2, 0.25) is 5.02 Å². The van der Waals surface area contributed by atoms with Gasteiger partial charge in [0.2, 0.25) is 0 Å². The van der Waals surface area contributed by atoms with Gasteiger partial charge in [0.05, 0.1) is 0 Å². The number of hydrogen-bond acceptors (Lipinski definition) is 2. The highest BCUT2D eigenvalue weighted by atomic mass is 35.5. The number of rotatable bonds is 7. The summed E-state index contributed by atoms with van der Waals surface area (Å²) in [6, 6.07) is 8.01. The van der Waals surface area contributed by atoms with Gasteiger partial charge in [-0.25, -0.2) is 0 Å². The number of nitrogens with one attached hydrogen (secondary N) is 1. The summed E-state index contributed by atoms with van der Waals surface area (Å²) in [7, 11) is 0. The van der Waals surface area contributed by atoms with Crippen molar-refractivity contribution in [2.45, 2.75) is 20.4 Å². The van der Waals surface area contributed by atoms with Crippen molar-refractivity contribution in [1.82, 2.24) is 5.32 Å². The maximum Gasteiger partial charge on any atom is 0.0406 e. The summed E-state index contributed by atoms with van der Waals surface area (Å²) < 4.78 is 0. The van der Waals surface area contributed by atoms with E-state index < -0.39 is 0 Å². The second kappa shape index (κ2) is 7.99. The second-order valence-electron chi connectivity index (χ2n) is 4.27. The third-order valence-electron chi connectivity index (χ3n) is 2.12. The molecular formula is C13H20ClNS. The standard InChI is InChI=1S/C13H20ClNS/c1-11(2)10-16-8-7-15-9-12-3-5-13(14)6-4-12/h3-6,11,15H,7-10H2,1-2H3. The largest absolute Gasteiger partial charge is 0.312 e. The van der Waals surface area contributed by atoms with E-state index >= 15 is 0 Å². The van der Waals surface area contributed by atoms with E-state index in [4.69, 9.17) is 11.6 Å². The lowest BCUT2D eigenvalue weighted by Crippen LogP contribution is -2.16. The van der Waals surface area contributed by atoms with Crippen molar-refractivity contribution >= 4 is 23.4 Å². The zero-order valence-corrected chi connectivity index (χ0v) is 11.6. The monoisotopic (exact) mass is 257 g/mol. The van der Waals surface area contributed by atoms with E-state index in [2.05, 4.69) is 31.3 Å². The van der Waals surface area contributed by atoms with Crippen LogP contribution in [0.4, 0.5) is 0 Å². The summed E-state index contributed by atoms with van der Waals surface area (Å²) in [6.45, 7) is 6.52. The maximum absolute atomic E-state index is 5.82. The minimum Gasteiger partial charge on any atom is -0.312 e. The molecule has 3 heteroatoms. The van der Waals surface area contributed by atoms with Gasteiger partial charge in [-0.1, -0.05) is 37.6 Å². The Morgan fingerprint density at radius 2 is 1.94 bits per heavy atom. The van der Waals surface area contributed by atoms with E-state index in [1.165, 1.54) is 17.1 Å². The molecule has 0 aliphatic carbocycles. The maximum atomic E-state index is 5.82. The molecule has 1 N–H and O–H groups in total. The number of benzene rings is 1. The molecule has 0 bridgehead atoms. The molecule has 90 valence electrons. The van der Waals surface area contributed by atoms with Gasteiger partial charge in [0.25, 0.3) is 0 Å². The molecule has 0 heterocycles. The third kappa shape index (κ3) is 6.41. The van der Waals surface area contributed by atoms with Crippen LogP contribution < -0.4 is 5.32 Å². The van der Waals surface area contributed by atoms with Gasteiger partial charge in [0.1, 0.15) is 0 Å². The van der Waals surface area contributed by atoms with Crippen LogP contribution in [-0.2, 0) is 6.54 Å². The first-order valence-electron chi connectivity index (χ1n) is 5.71. The van der Waals surface area contributed by atoms with Gasteiger partial charge in [0, 0.05) is 23.9 Å². The zero-order valence-electron chi connectivity index (χ0n) is 10.0. The first-order valence-corrected chi connectivity index (χ1v) is 7.24. The lowest BCUT2D eigenvalue weighted by molar-refractivity contribution is 0.725. The van der Waals surface area contributed by atoms with Gasteiger partial charge < -0.3 is 5.32 Å². The van der Waals surface area contributed by atoms with Crippen LogP contribution in [0.25, 0.3) is 0 Å². The van der Waals surface area contributed by atoms with Crippen molar-refractivity contribution in [3.05, 3.63) is 34.9 Å². The lowest BCUT2D eigenvalue weighted by atomic mass is 10.2. The van der Waals surface area contributed by atoms with Crippen molar-refractivity contribution < 1.29 is 0 Å². The van der Waals surface area contributed by atoms with Crippen LogP contribution in [0.3, 0.4) is 0 Å². The predicted molar refractivity (Wildman–Crippen MR) is 75.3 cm³/mol. The second-order valence-corrected chi connectivity index (χ2v) is 5.86. The van der Waals surface area contributed by atoms with Gasteiger partial charge in [-0.15, -0.1) is 0 Å². The van der Waals surface area contributed by atoms with Crippen molar-refractivity contribution in [3.63, 3.8) is 0 Å². The summed E-state index contributed by atoms with van der Waals surface area (Å²) in [4.78, 5) is 0. The fraction of sp³-hybridized carbons (Fsp3) is 0.538. The van der Waals surface area contributed by atoms with Crippen molar-refractivity contribution in [1.29, 1.82) is 0 Å². The van der Waals surface area contributed by atoms with Crippen LogP contribution in [0.5, 0.6) is 0 Å². The average Bonchev–Trinajstić information content (AvgIpc) is 2.25. The highest BCUT2D eigenvalue weighted by Crippen LogP contribution is 2.09. The first kappa shape index (κ1) is 13.9. The Morgan fingerprint density at radius 3 is 2.56 bits per heavy atom. The van der Waals surface area contributed by atoms with Gasteiger partial charge in [0.15, 0.2) is 0 Å². The van der Waals surface area contributed by atoms with E-state index in [1.807, 2.05) is 23.9 Å². The Kier molecular flexibility index (Phi) is 6.93. The Labute approximate surface area is 108 Å². The molecule has 1 nitrogen and oxygen atoms in total. The molecule has 0 saturated carbocycles. The van der Waals surface area contributed by atoms with Crippen molar-refractivity contribution in [2.75, 3.05) is 18.1 Å². The van der Waals surface area contributed by atoms with Gasteiger partial charge in [-0.05, 0) is 29.4 Å². The molecular weight excluding hydrogens is 238 g/mol. The molecule has 1 aromatic carbocycles. The minimum atomic E-state index is 0.793. The molecule has 0 aromatic heterocycles. The summed E-state index contributed by atoms with van der Waals surface area (Å²) in [5.41, 5.74) is 1.29. The first-order chi connectivity index (χ1) is 7.68. The minimum absolute atomic E-state index is 0.793. The molecule has 0 amide bonds. The average molecular weight is 258 g/mol. The Hall–Kier alpha value is -0.180. The molecule has 0 atom stereocenters. The molecule has 0 spiro atoms. The summed E-state index contributed by atoms with van der Waals surface area (Å²) in [6.07, 6.45) is 0. The van der Waals surface area contributed by atoms with Crippen LogP contribution in [0, 0.1) is 5.92 Å². The van der Waals surface area contributed by atoms with Crippen LogP contribution >= 0.6 is 23.4 Å². The molecule has 1 rings (SSSR count). The Morgan fingerprint density at radius 1 is 1.25 bits per heavy atom. The van der Waals surface area contributed by atoms with E-state index in [0.29, 0.717) is 0 Å². The normalized spacial score (nSPS) is 11.0. The van der Waals surface area contributed by atoms with E-state index in [1.54, 1.807) is 0 Å². The number of hydrogen-bond donors (Lipinski definition) is 1. The molecule has 1 aromatic rings. The van der Waals surface area contributed by atoms with Gasteiger partial charge in [-0.3, -0.25) is 0 Å². The van der Waals surface area contributed by atoms with E-state index in [9.17, 15) is 0 Å². The van der Waals surface area contributed by atoms with Crippen LogP contribution in [-0.4, -0.2) is 18.1 Å². The highest BCUT2D eigenvalue weighted by Gasteiger charge is 1.95. The molecule has 0 unspecified atom stereocenters. The summed E-state index contributed by atoms with van der Waals surface area (Å²) >= 11 is 7.84. The van der Waals surface area contributed by atoms with E-state index in [-0.39, 0.29) is 0 Å². The Bertz CT molecular complexity index is 284. The lowest BCUT2D eigenvalue weighted by Gasteiger charge is -2.06. The smallest absolute Gasteiger partial charge is 0.0406 e. The van der Waals surface area contributed by atoms with Crippen LogP contribution in [0.1, 0.15) is 19.4 Å².